The summed E-state index contributed by atoms with van der Waals surface area (Å²) in [5, 5.41) is 0. The first-order valence-corrected chi connectivity index (χ1v) is 5.77. The number of hydrogen-bond donors (Lipinski definition) is 1. The number of nitrogen functional groups attached to an aromatic ring is 1. The predicted molar refractivity (Wildman–Crippen MR) is 61.2 cm³/mol. The van der Waals surface area contributed by atoms with E-state index in [4.69, 9.17) is 5.73 Å². The number of fused-ring (bicyclic) bond motifs is 1. The summed E-state index contributed by atoms with van der Waals surface area (Å²) in [6.45, 7) is 2.21. The lowest BCUT2D eigenvalue weighted by Gasteiger charge is -2.06. The predicted octanol–water partition coefficient (Wildman–Crippen LogP) is 3.31. The smallest absolute Gasteiger partial charge is 0.146 e. The molecule has 0 amide bonds. The quantitative estimate of drug-likeness (QED) is 0.756. The van der Waals surface area contributed by atoms with E-state index < -0.39 is 0 Å². The summed E-state index contributed by atoms with van der Waals surface area (Å²) in [5.74, 6) is 0.450. The van der Waals surface area contributed by atoms with Crippen molar-refractivity contribution in [3.63, 3.8) is 0 Å². The fourth-order valence-electron chi connectivity index (χ4n) is 2.45. The van der Waals surface area contributed by atoms with Crippen molar-refractivity contribution in [2.24, 2.45) is 5.92 Å². The van der Waals surface area contributed by atoms with Crippen molar-refractivity contribution >= 4 is 5.69 Å². The van der Waals surface area contributed by atoms with Gasteiger partial charge in [-0.1, -0.05) is 19.8 Å². The second-order valence-electron chi connectivity index (χ2n) is 4.56. The summed E-state index contributed by atoms with van der Waals surface area (Å²) in [6, 6.07) is 3.44. The molecule has 0 saturated carbocycles. The first-order valence-electron chi connectivity index (χ1n) is 5.77. The lowest BCUT2D eigenvalue weighted by Crippen LogP contribution is -1.98. The molecular weight excluding hydrogens is 189 g/mol. The van der Waals surface area contributed by atoms with Crippen LogP contribution in [-0.4, -0.2) is 0 Å². The van der Waals surface area contributed by atoms with Gasteiger partial charge >= 0.3 is 0 Å². The van der Waals surface area contributed by atoms with Gasteiger partial charge in [-0.3, -0.25) is 0 Å². The third-order valence-electron chi connectivity index (χ3n) is 3.30. The highest BCUT2D eigenvalue weighted by atomic mass is 19.1. The van der Waals surface area contributed by atoms with Crippen LogP contribution in [0.3, 0.4) is 0 Å². The van der Waals surface area contributed by atoms with Crippen molar-refractivity contribution in [1.82, 2.24) is 0 Å². The summed E-state index contributed by atoms with van der Waals surface area (Å²) in [6.07, 6.45) is 5.89. The van der Waals surface area contributed by atoms with Gasteiger partial charge in [0.1, 0.15) is 5.82 Å². The van der Waals surface area contributed by atoms with Crippen LogP contribution in [0.4, 0.5) is 10.1 Å². The Morgan fingerprint density at radius 1 is 1.33 bits per heavy atom. The minimum Gasteiger partial charge on any atom is -0.396 e. The first kappa shape index (κ1) is 10.5. The molecule has 0 radical (unpaired) electrons. The number of rotatable bonds is 3. The van der Waals surface area contributed by atoms with Gasteiger partial charge in [-0.05, 0) is 48.4 Å². The Kier molecular flexibility index (Phi) is 2.94. The summed E-state index contributed by atoms with van der Waals surface area (Å²) < 4.78 is 13.2. The molecule has 1 unspecified atom stereocenters. The molecule has 82 valence electrons. The molecule has 2 heteroatoms. The fourth-order valence-corrected chi connectivity index (χ4v) is 2.45. The van der Waals surface area contributed by atoms with Gasteiger partial charge in [-0.2, -0.15) is 0 Å². The molecular formula is C13H18FN. The monoisotopic (exact) mass is 207 g/mol. The van der Waals surface area contributed by atoms with E-state index in [2.05, 4.69) is 6.92 Å². The molecule has 0 aromatic heterocycles. The highest BCUT2D eigenvalue weighted by Crippen LogP contribution is 2.32. The maximum atomic E-state index is 13.2. The SMILES string of the molecule is CCCCC1Cc2cc(N)c(F)cc2C1. The largest absolute Gasteiger partial charge is 0.396 e. The minimum atomic E-state index is -0.259. The molecule has 0 spiro atoms. The lowest BCUT2D eigenvalue weighted by molar-refractivity contribution is 0.489. The number of anilines is 1. The van der Waals surface area contributed by atoms with Crippen molar-refractivity contribution in [3.8, 4) is 0 Å². The van der Waals surface area contributed by atoms with Crippen LogP contribution in [0.25, 0.3) is 0 Å². The van der Waals surface area contributed by atoms with Crippen molar-refractivity contribution in [1.29, 1.82) is 0 Å². The third kappa shape index (κ3) is 2.14. The Balaban J connectivity index is 2.10. The van der Waals surface area contributed by atoms with Crippen molar-refractivity contribution in [3.05, 3.63) is 29.1 Å². The van der Waals surface area contributed by atoms with E-state index in [0.29, 0.717) is 11.6 Å². The van der Waals surface area contributed by atoms with Gasteiger partial charge in [-0.25, -0.2) is 4.39 Å². The zero-order valence-electron chi connectivity index (χ0n) is 9.22. The summed E-state index contributed by atoms with van der Waals surface area (Å²) >= 11 is 0. The van der Waals surface area contributed by atoms with E-state index in [1.54, 1.807) is 6.07 Å². The number of hydrogen-bond acceptors (Lipinski definition) is 1. The van der Waals surface area contributed by atoms with Crippen molar-refractivity contribution in [2.75, 3.05) is 5.73 Å². The van der Waals surface area contributed by atoms with E-state index in [9.17, 15) is 4.39 Å². The zero-order valence-corrected chi connectivity index (χ0v) is 9.22. The number of benzene rings is 1. The molecule has 1 aromatic rings. The van der Waals surface area contributed by atoms with Gasteiger partial charge in [0.15, 0.2) is 0 Å². The van der Waals surface area contributed by atoms with E-state index in [0.717, 1.165) is 12.8 Å². The molecule has 2 N–H and O–H groups in total. The molecule has 0 saturated heterocycles. The third-order valence-corrected chi connectivity index (χ3v) is 3.30. The number of unbranched alkanes of at least 4 members (excludes halogenated alkanes) is 1. The van der Waals surface area contributed by atoms with Crippen LogP contribution in [-0.2, 0) is 12.8 Å². The molecule has 1 aliphatic rings. The van der Waals surface area contributed by atoms with Gasteiger partial charge < -0.3 is 5.73 Å². The maximum absolute atomic E-state index is 13.2. The van der Waals surface area contributed by atoms with Gasteiger partial charge in [0, 0.05) is 0 Å². The van der Waals surface area contributed by atoms with E-state index >= 15 is 0 Å². The van der Waals surface area contributed by atoms with Crippen molar-refractivity contribution in [2.45, 2.75) is 39.0 Å². The van der Waals surface area contributed by atoms with E-state index in [1.165, 1.54) is 30.4 Å². The fraction of sp³-hybridized carbons (Fsp3) is 0.538. The highest BCUT2D eigenvalue weighted by Gasteiger charge is 2.22. The van der Waals surface area contributed by atoms with E-state index in [-0.39, 0.29) is 5.82 Å². The molecule has 0 fully saturated rings. The van der Waals surface area contributed by atoms with Gasteiger partial charge in [0.05, 0.1) is 5.69 Å². The van der Waals surface area contributed by atoms with E-state index in [1.807, 2.05) is 6.07 Å². The minimum absolute atomic E-state index is 0.259. The normalized spacial score (nSPS) is 19.2. The maximum Gasteiger partial charge on any atom is 0.146 e. The highest BCUT2D eigenvalue weighted by molar-refractivity contribution is 5.48. The molecule has 1 aromatic carbocycles. The molecule has 1 aliphatic carbocycles. The molecule has 1 atom stereocenters. The van der Waals surface area contributed by atoms with Gasteiger partial charge in [0.2, 0.25) is 0 Å². The topological polar surface area (TPSA) is 26.0 Å². The average molecular weight is 207 g/mol. The van der Waals surface area contributed by atoms with Gasteiger partial charge in [-0.15, -0.1) is 0 Å². The lowest BCUT2D eigenvalue weighted by atomic mass is 9.99. The van der Waals surface area contributed by atoms with Crippen LogP contribution in [0.1, 0.15) is 37.3 Å². The second kappa shape index (κ2) is 4.21. The van der Waals surface area contributed by atoms with Crippen LogP contribution in [0.2, 0.25) is 0 Å². The molecule has 0 heterocycles. The van der Waals surface area contributed by atoms with Crippen LogP contribution >= 0.6 is 0 Å². The molecule has 2 rings (SSSR count). The van der Waals surface area contributed by atoms with Crippen LogP contribution < -0.4 is 5.73 Å². The standard InChI is InChI=1S/C13H18FN/c1-2-3-4-9-5-10-7-12(14)13(15)8-11(10)6-9/h7-9H,2-6,15H2,1H3. The summed E-state index contributed by atoms with van der Waals surface area (Å²) in [5.41, 5.74) is 8.29. The first-order chi connectivity index (χ1) is 7.20. The Morgan fingerprint density at radius 3 is 2.67 bits per heavy atom. The van der Waals surface area contributed by atoms with Gasteiger partial charge in [0.25, 0.3) is 0 Å². The Labute approximate surface area is 90.5 Å². The molecule has 1 nitrogen and oxygen atoms in total. The van der Waals surface area contributed by atoms with Crippen LogP contribution in [0, 0.1) is 11.7 Å². The van der Waals surface area contributed by atoms with Crippen LogP contribution in [0.5, 0.6) is 0 Å². The Hall–Kier alpha value is -1.05. The molecule has 0 aliphatic heterocycles. The van der Waals surface area contributed by atoms with Crippen LogP contribution in [0.15, 0.2) is 12.1 Å². The zero-order chi connectivity index (χ0) is 10.8. The van der Waals surface area contributed by atoms with Crippen molar-refractivity contribution < 1.29 is 4.39 Å². The molecule has 0 bridgehead atoms. The average Bonchev–Trinajstić information content (AvgIpc) is 2.58. The summed E-state index contributed by atoms with van der Waals surface area (Å²) in [7, 11) is 0. The molecule has 15 heavy (non-hydrogen) atoms. The number of halogens is 1. The summed E-state index contributed by atoms with van der Waals surface area (Å²) in [4.78, 5) is 0. The second-order valence-corrected chi connectivity index (χ2v) is 4.56. The number of nitrogens with two attached hydrogens (primary N) is 1. The Bertz CT molecular complexity index is 329. The Morgan fingerprint density at radius 2 is 2.00 bits per heavy atom.